The summed E-state index contributed by atoms with van der Waals surface area (Å²) in [5.74, 6) is 0. The van der Waals surface area contributed by atoms with Gasteiger partial charge < -0.3 is 11.1 Å². The Balaban J connectivity index is 1.70. The van der Waals surface area contributed by atoms with Crippen molar-refractivity contribution >= 4 is 32.9 Å². The van der Waals surface area contributed by atoms with Crippen LogP contribution in [0.3, 0.4) is 0 Å². The first-order valence-electron chi connectivity index (χ1n) is 6.60. The van der Waals surface area contributed by atoms with Crippen LogP contribution in [-0.4, -0.2) is 9.97 Å². The third-order valence-corrected chi connectivity index (χ3v) is 4.95. The van der Waals surface area contributed by atoms with Gasteiger partial charge in [-0.2, -0.15) is 0 Å². The fourth-order valence-corrected chi connectivity index (χ4v) is 3.47. The van der Waals surface area contributed by atoms with E-state index in [1.54, 1.807) is 11.3 Å². The Kier molecular flexibility index (Phi) is 3.90. The molecule has 0 aliphatic carbocycles. The zero-order valence-corrected chi connectivity index (χ0v) is 13.5. The van der Waals surface area contributed by atoms with E-state index in [2.05, 4.69) is 51.9 Å². The van der Waals surface area contributed by atoms with Gasteiger partial charge in [0.2, 0.25) is 0 Å². The molecule has 108 valence electrons. The monoisotopic (exact) mass is 316 g/mol. The molecule has 0 spiro atoms. The molecule has 0 unspecified atom stereocenters. The summed E-state index contributed by atoms with van der Waals surface area (Å²) in [5, 5.41) is 6.94. The Morgan fingerprint density at radius 2 is 1.90 bits per heavy atom. The van der Waals surface area contributed by atoms with Crippen molar-refractivity contribution in [3.05, 3.63) is 45.8 Å². The Labute approximate surface area is 131 Å². The molecular weight excluding hydrogens is 300 g/mol. The molecule has 2 heterocycles. The van der Waals surface area contributed by atoms with Crippen LogP contribution in [0.4, 0.5) is 10.3 Å². The molecule has 3 rings (SSSR count). The number of nitrogens with two attached hydrogens (primary N) is 1. The van der Waals surface area contributed by atoms with Gasteiger partial charge in [0.1, 0.15) is 0 Å². The van der Waals surface area contributed by atoms with E-state index >= 15 is 0 Å². The lowest BCUT2D eigenvalue weighted by Crippen LogP contribution is -1.98. The highest BCUT2D eigenvalue weighted by atomic mass is 32.1. The summed E-state index contributed by atoms with van der Waals surface area (Å²) in [5.41, 5.74) is 10.1. The smallest absolute Gasteiger partial charge is 0.183 e. The van der Waals surface area contributed by atoms with Gasteiger partial charge in [0.15, 0.2) is 10.3 Å². The molecule has 3 N–H and O–H groups in total. The highest BCUT2D eigenvalue weighted by Crippen LogP contribution is 2.26. The number of benzene rings is 1. The summed E-state index contributed by atoms with van der Waals surface area (Å²) >= 11 is 3.13. The Bertz CT molecular complexity index is 743. The largest absolute Gasteiger partial charge is 0.375 e. The van der Waals surface area contributed by atoms with Gasteiger partial charge in [0.25, 0.3) is 0 Å². The predicted octanol–water partition coefficient (Wildman–Crippen LogP) is 4.08. The van der Waals surface area contributed by atoms with Crippen molar-refractivity contribution < 1.29 is 0 Å². The van der Waals surface area contributed by atoms with E-state index in [0.29, 0.717) is 11.7 Å². The number of anilines is 2. The number of rotatable bonds is 4. The maximum Gasteiger partial charge on any atom is 0.183 e. The van der Waals surface area contributed by atoms with E-state index in [1.807, 2.05) is 6.92 Å². The maximum absolute atomic E-state index is 5.71. The summed E-state index contributed by atoms with van der Waals surface area (Å²) in [6.45, 7) is 4.77. The van der Waals surface area contributed by atoms with Crippen LogP contribution in [0, 0.1) is 13.8 Å². The average molecular weight is 316 g/mol. The molecular formula is C15H16N4S2. The molecule has 0 atom stereocenters. The molecule has 1 aromatic carbocycles. The molecule has 0 aliphatic rings. The normalized spacial score (nSPS) is 10.8. The fraction of sp³-hybridized carbons (Fsp3) is 0.200. The highest BCUT2D eigenvalue weighted by molar-refractivity contribution is 7.15. The standard InChI is InChI=1S/C15H16N4S2/c1-9-3-5-11(6-4-9)12-8-20-15(19-12)17-7-13-10(2)18-14(16)21-13/h3-6,8H,7H2,1-2H3,(H2,16,18)(H,17,19). The lowest BCUT2D eigenvalue weighted by Gasteiger charge is -2.00. The summed E-state index contributed by atoms with van der Waals surface area (Å²) in [6.07, 6.45) is 0. The number of nitrogen functional groups attached to an aromatic ring is 1. The molecule has 21 heavy (non-hydrogen) atoms. The van der Waals surface area contributed by atoms with Gasteiger partial charge in [0.05, 0.1) is 17.9 Å². The van der Waals surface area contributed by atoms with Crippen LogP contribution in [0.5, 0.6) is 0 Å². The van der Waals surface area contributed by atoms with Gasteiger partial charge in [0, 0.05) is 15.8 Å². The van der Waals surface area contributed by atoms with Gasteiger partial charge in [-0.3, -0.25) is 0 Å². The molecule has 0 amide bonds. The van der Waals surface area contributed by atoms with Crippen molar-refractivity contribution in [2.45, 2.75) is 20.4 Å². The zero-order valence-electron chi connectivity index (χ0n) is 11.9. The third-order valence-electron chi connectivity index (χ3n) is 3.16. The molecule has 0 radical (unpaired) electrons. The van der Waals surface area contributed by atoms with Crippen LogP contribution in [-0.2, 0) is 6.54 Å². The molecule has 2 aromatic heterocycles. The second kappa shape index (κ2) is 5.83. The molecule has 0 bridgehead atoms. The van der Waals surface area contributed by atoms with E-state index in [9.17, 15) is 0 Å². The summed E-state index contributed by atoms with van der Waals surface area (Å²) in [7, 11) is 0. The predicted molar refractivity (Wildman–Crippen MR) is 90.9 cm³/mol. The number of nitrogens with one attached hydrogen (secondary N) is 1. The third kappa shape index (κ3) is 3.22. The van der Waals surface area contributed by atoms with Gasteiger partial charge in [-0.15, -0.1) is 22.7 Å². The van der Waals surface area contributed by atoms with Crippen molar-refractivity contribution in [2.24, 2.45) is 0 Å². The van der Waals surface area contributed by atoms with E-state index in [0.717, 1.165) is 27.0 Å². The number of aromatic nitrogens is 2. The quantitative estimate of drug-likeness (QED) is 0.761. The van der Waals surface area contributed by atoms with Crippen LogP contribution >= 0.6 is 22.7 Å². The van der Waals surface area contributed by atoms with Crippen molar-refractivity contribution in [1.29, 1.82) is 0 Å². The molecule has 0 saturated heterocycles. The topological polar surface area (TPSA) is 63.8 Å². The van der Waals surface area contributed by atoms with Crippen LogP contribution in [0.15, 0.2) is 29.6 Å². The molecule has 0 aliphatic heterocycles. The van der Waals surface area contributed by atoms with E-state index in [-0.39, 0.29) is 0 Å². The minimum Gasteiger partial charge on any atom is -0.375 e. The van der Waals surface area contributed by atoms with E-state index in [4.69, 9.17) is 5.73 Å². The zero-order chi connectivity index (χ0) is 14.8. The van der Waals surface area contributed by atoms with Crippen molar-refractivity contribution in [3.63, 3.8) is 0 Å². The highest BCUT2D eigenvalue weighted by Gasteiger charge is 2.07. The number of nitrogens with zero attached hydrogens (tertiary/aromatic N) is 2. The Hall–Kier alpha value is -1.92. The molecule has 0 fully saturated rings. The van der Waals surface area contributed by atoms with E-state index < -0.39 is 0 Å². The lowest BCUT2D eigenvalue weighted by atomic mass is 10.1. The van der Waals surface area contributed by atoms with Crippen LogP contribution in [0.25, 0.3) is 11.3 Å². The number of aryl methyl sites for hydroxylation is 2. The number of hydrogen-bond donors (Lipinski definition) is 2. The van der Waals surface area contributed by atoms with E-state index in [1.165, 1.54) is 16.9 Å². The van der Waals surface area contributed by atoms with Crippen LogP contribution < -0.4 is 11.1 Å². The molecule has 0 saturated carbocycles. The minimum atomic E-state index is 0.615. The maximum atomic E-state index is 5.71. The fourth-order valence-electron chi connectivity index (χ4n) is 1.98. The van der Waals surface area contributed by atoms with Crippen molar-refractivity contribution in [2.75, 3.05) is 11.1 Å². The molecule has 4 nitrogen and oxygen atoms in total. The first-order valence-corrected chi connectivity index (χ1v) is 8.29. The van der Waals surface area contributed by atoms with Crippen molar-refractivity contribution in [3.8, 4) is 11.3 Å². The Morgan fingerprint density at radius 3 is 2.57 bits per heavy atom. The molecule has 6 heteroatoms. The second-order valence-corrected chi connectivity index (χ2v) is 6.79. The number of hydrogen-bond acceptors (Lipinski definition) is 6. The SMILES string of the molecule is Cc1ccc(-c2csc(NCc3sc(N)nc3C)n2)cc1. The van der Waals surface area contributed by atoms with Crippen molar-refractivity contribution in [1.82, 2.24) is 9.97 Å². The average Bonchev–Trinajstić information content (AvgIpc) is 3.04. The second-order valence-electron chi connectivity index (χ2n) is 4.82. The number of thiazole rings is 2. The first-order chi connectivity index (χ1) is 10.1. The summed E-state index contributed by atoms with van der Waals surface area (Å²) in [4.78, 5) is 10.00. The molecule has 3 aromatic rings. The Morgan fingerprint density at radius 1 is 1.14 bits per heavy atom. The van der Waals surface area contributed by atoms with Gasteiger partial charge in [-0.25, -0.2) is 9.97 Å². The lowest BCUT2D eigenvalue weighted by molar-refractivity contribution is 1.11. The van der Waals surface area contributed by atoms with Gasteiger partial charge >= 0.3 is 0 Å². The first kappa shape index (κ1) is 14.0. The van der Waals surface area contributed by atoms with Crippen LogP contribution in [0.2, 0.25) is 0 Å². The summed E-state index contributed by atoms with van der Waals surface area (Å²) < 4.78 is 0. The minimum absolute atomic E-state index is 0.615. The van der Waals surface area contributed by atoms with Gasteiger partial charge in [-0.1, -0.05) is 29.8 Å². The van der Waals surface area contributed by atoms with Crippen LogP contribution in [0.1, 0.15) is 16.1 Å². The van der Waals surface area contributed by atoms with Gasteiger partial charge in [-0.05, 0) is 13.8 Å². The summed E-state index contributed by atoms with van der Waals surface area (Å²) in [6, 6.07) is 8.40.